The van der Waals surface area contributed by atoms with E-state index in [9.17, 15) is 9.59 Å². The molecule has 134 valence electrons. The summed E-state index contributed by atoms with van der Waals surface area (Å²) >= 11 is 6.15. The van der Waals surface area contributed by atoms with Gasteiger partial charge in [0.25, 0.3) is 5.91 Å². The molecule has 0 bridgehead atoms. The lowest BCUT2D eigenvalue weighted by Gasteiger charge is -2.19. The van der Waals surface area contributed by atoms with E-state index in [4.69, 9.17) is 22.1 Å². The number of ether oxygens (including phenoxy) is 1. The van der Waals surface area contributed by atoms with Gasteiger partial charge in [-0.1, -0.05) is 11.6 Å². The number of benzene rings is 1. The van der Waals surface area contributed by atoms with Gasteiger partial charge in [0.15, 0.2) is 6.61 Å². The number of amides is 2. The molecule has 0 saturated carbocycles. The summed E-state index contributed by atoms with van der Waals surface area (Å²) in [5, 5.41) is 3.10. The zero-order chi connectivity index (χ0) is 18.1. The van der Waals surface area contributed by atoms with Crippen molar-refractivity contribution in [3.63, 3.8) is 0 Å². The Balaban J connectivity index is 2.58. The second-order valence-electron chi connectivity index (χ2n) is 5.56. The molecule has 1 unspecified atom stereocenters. The predicted octanol–water partition coefficient (Wildman–Crippen LogP) is 2.65. The van der Waals surface area contributed by atoms with Gasteiger partial charge in [-0.2, -0.15) is 0 Å². The van der Waals surface area contributed by atoms with Crippen LogP contribution in [0.15, 0.2) is 18.2 Å². The van der Waals surface area contributed by atoms with Crippen LogP contribution in [0.5, 0.6) is 5.75 Å². The first kappa shape index (κ1) is 20.3. The number of likely N-dealkylation sites (N-methyl/N-ethyl adjacent to an activating group) is 1. The number of hydrogen-bond acceptors (Lipinski definition) is 4. The summed E-state index contributed by atoms with van der Waals surface area (Å²) in [5.41, 5.74) is 6.21. The zero-order valence-corrected chi connectivity index (χ0v) is 15.2. The van der Waals surface area contributed by atoms with E-state index >= 15 is 0 Å². The SMILES string of the molecule is CCN(CC)C(=O)COc1ccc(NC(=O)CCC(C)N)cc1Cl. The molecule has 0 saturated heterocycles. The van der Waals surface area contributed by atoms with Crippen LogP contribution < -0.4 is 15.8 Å². The van der Waals surface area contributed by atoms with E-state index in [0.717, 1.165) is 0 Å². The number of nitrogens with zero attached hydrogens (tertiary/aromatic N) is 1. The van der Waals surface area contributed by atoms with Crippen molar-refractivity contribution in [3.05, 3.63) is 23.2 Å². The van der Waals surface area contributed by atoms with Gasteiger partial charge >= 0.3 is 0 Å². The van der Waals surface area contributed by atoms with Crippen LogP contribution in [-0.4, -0.2) is 42.5 Å². The Labute approximate surface area is 148 Å². The minimum atomic E-state index is -0.117. The Morgan fingerprint density at radius 1 is 1.33 bits per heavy atom. The molecule has 0 fully saturated rings. The van der Waals surface area contributed by atoms with Crippen LogP contribution in [0.3, 0.4) is 0 Å². The highest BCUT2D eigenvalue weighted by Crippen LogP contribution is 2.27. The fraction of sp³-hybridized carbons (Fsp3) is 0.529. The number of anilines is 1. The van der Waals surface area contributed by atoms with Crippen LogP contribution in [0.25, 0.3) is 0 Å². The molecular formula is C17H26ClN3O3. The summed E-state index contributed by atoms with van der Waals surface area (Å²) < 4.78 is 5.47. The van der Waals surface area contributed by atoms with Crippen LogP contribution in [0.2, 0.25) is 5.02 Å². The van der Waals surface area contributed by atoms with Crippen molar-refractivity contribution in [2.45, 2.75) is 39.7 Å². The number of carbonyl (C=O) groups excluding carboxylic acids is 2. The van der Waals surface area contributed by atoms with Crippen molar-refractivity contribution >= 4 is 29.1 Å². The summed E-state index contributed by atoms with van der Waals surface area (Å²) in [5.74, 6) is 0.198. The van der Waals surface area contributed by atoms with E-state index in [0.29, 0.717) is 42.4 Å². The minimum absolute atomic E-state index is 0.0153. The first-order chi connectivity index (χ1) is 11.4. The van der Waals surface area contributed by atoms with Gasteiger partial charge < -0.3 is 20.7 Å². The van der Waals surface area contributed by atoms with E-state index in [2.05, 4.69) is 5.32 Å². The predicted molar refractivity (Wildman–Crippen MR) is 96.4 cm³/mol. The molecular weight excluding hydrogens is 330 g/mol. The molecule has 0 aliphatic carbocycles. The van der Waals surface area contributed by atoms with Crippen LogP contribution in [0.1, 0.15) is 33.6 Å². The fourth-order valence-corrected chi connectivity index (χ4v) is 2.32. The van der Waals surface area contributed by atoms with Crippen LogP contribution >= 0.6 is 11.6 Å². The van der Waals surface area contributed by atoms with Gasteiger partial charge in [-0.25, -0.2) is 0 Å². The molecule has 0 aromatic heterocycles. The summed E-state index contributed by atoms with van der Waals surface area (Å²) in [7, 11) is 0. The van der Waals surface area contributed by atoms with Crippen molar-refractivity contribution in [1.82, 2.24) is 4.90 Å². The average molecular weight is 356 g/mol. The summed E-state index contributed by atoms with van der Waals surface area (Å²) in [4.78, 5) is 25.4. The maximum atomic E-state index is 11.9. The number of rotatable bonds is 9. The summed E-state index contributed by atoms with van der Waals surface area (Å²) in [6.07, 6.45) is 0.972. The highest BCUT2D eigenvalue weighted by Gasteiger charge is 2.12. The zero-order valence-electron chi connectivity index (χ0n) is 14.5. The Morgan fingerprint density at radius 2 is 2.00 bits per heavy atom. The minimum Gasteiger partial charge on any atom is -0.482 e. The third kappa shape index (κ3) is 6.76. The normalized spacial score (nSPS) is 11.7. The molecule has 1 aromatic rings. The number of hydrogen-bond donors (Lipinski definition) is 2. The number of nitrogens with two attached hydrogens (primary N) is 1. The van der Waals surface area contributed by atoms with Gasteiger partial charge in [-0.3, -0.25) is 9.59 Å². The highest BCUT2D eigenvalue weighted by atomic mass is 35.5. The molecule has 24 heavy (non-hydrogen) atoms. The standard InChI is InChI=1S/C17H26ClN3O3/c1-4-21(5-2)17(23)11-24-15-8-7-13(10-14(15)18)20-16(22)9-6-12(3)19/h7-8,10,12H,4-6,9,11,19H2,1-3H3,(H,20,22). The molecule has 6 nitrogen and oxygen atoms in total. The van der Waals surface area contributed by atoms with E-state index in [1.807, 2.05) is 20.8 Å². The lowest BCUT2D eigenvalue weighted by Crippen LogP contribution is -2.34. The number of halogens is 1. The van der Waals surface area contributed by atoms with Crippen molar-refractivity contribution < 1.29 is 14.3 Å². The van der Waals surface area contributed by atoms with Crippen molar-refractivity contribution in [3.8, 4) is 5.75 Å². The molecule has 3 N–H and O–H groups in total. The van der Waals surface area contributed by atoms with E-state index in [1.165, 1.54) is 0 Å². The largest absolute Gasteiger partial charge is 0.482 e. The van der Waals surface area contributed by atoms with Crippen molar-refractivity contribution in [1.29, 1.82) is 0 Å². The molecule has 0 aliphatic rings. The maximum absolute atomic E-state index is 11.9. The number of nitrogens with one attached hydrogen (secondary N) is 1. The molecule has 7 heteroatoms. The Morgan fingerprint density at radius 3 is 2.54 bits per heavy atom. The quantitative estimate of drug-likeness (QED) is 0.713. The third-order valence-electron chi connectivity index (χ3n) is 3.51. The van der Waals surface area contributed by atoms with E-state index < -0.39 is 0 Å². The van der Waals surface area contributed by atoms with Crippen LogP contribution in [0.4, 0.5) is 5.69 Å². The molecule has 0 radical (unpaired) electrons. The van der Waals surface area contributed by atoms with Gasteiger partial charge in [0.2, 0.25) is 5.91 Å². The average Bonchev–Trinajstić information content (AvgIpc) is 2.53. The molecule has 1 aromatic carbocycles. The maximum Gasteiger partial charge on any atom is 0.260 e. The van der Waals surface area contributed by atoms with Crippen LogP contribution in [-0.2, 0) is 9.59 Å². The molecule has 1 atom stereocenters. The Hall–Kier alpha value is -1.79. The monoisotopic (exact) mass is 355 g/mol. The van der Waals surface area contributed by atoms with Gasteiger partial charge in [0.1, 0.15) is 5.75 Å². The summed E-state index contributed by atoms with van der Waals surface area (Å²) in [6.45, 7) is 6.89. The second kappa shape index (κ2) is 10.2. The van der Waals surface area contributed by atoms with Gasteiger partial charge in [-0.15, -0.1) is 0 Å². The first-order valence-corrected chi connectivity index (χ1v) is 8.50. The third-order valence-corrected chi connectivity index (χ3v) is 3.81. The molecule has 2 amide bonds. The van der Waals surface area contributed by atoms with Crippen LogP contribution in [0, 0.1) is 0 Å². The highest BCUT2D eigenvalue weighted by molar-refractivity contribution is 6.32. The molecule has 0 aliphatic heterocycles. The van der Waals surface area contributed by atoms with Gasteiger partial charge in [0.05, 0.1) is 5.02 Å². The van der Waals surface area contributed by atoms with Crippen molar-refractivity contribution in [2.75, 3.05) is 25.0 Å². The fourth-order valence-electron chi connectivity index (χ4n) is 2.08. The molecule has 1 rings (SSSR count). The Bertz CT molecular complexity index is 560. The van der Waals surface area contributed by atoms with Gasteiger partial charge in [-0.05, 0) is 45.4 Å². The number of carbonyl (C=O) groups is 2. The Kier molecular flexibility index (Phi) is 8.57. The van der Waals surface area contributed by atoms with Crippen molar-refractivity contribution in [2.24, 2.45) is 5.73 Å². The molecule has 0 heterocycles. The van der Waals surface area contributed by atoms with E-state index in [-0.39, 0.29) is 24.5 Å². The first-order valence-electron chi connectivity index (χ1n) is 8.12. The molecule has 0 spiro atoms. The lowest BCUT2D eigenvalue weighted by molar-refractivity contribution is -0.133. The second-order valence-corrected chi connectivity index (χ2v) is 5.97. The lowest BCUT2D eigenvalue weighted by atomic mass is 10.2. The van der Waals surface area contributed by atoms with E-state index in [1.54, 1.807) is 23.1 Å². The summed E-state index contributed by atoms with van der Waals surface area (Å²) in [6, 6.07) is 4.91. The van der Waals surface area contributed by atoms with Gasteiger partial charge in [0, 0.05) is 31.2 Å². The smallest absolute Gasteiger partial charge is 0.260 e. The topological polar surface area (TPSA) is 84.7 Å².